The maximum absolute atomic E-state index is 11.5. The van der Waals surface area contributed by atoms with Crippen molar-refractivity contribution >= 4 is 103 Å². The fraction of sp³-hybridized carbons (Fsp3) is 0.440. The van der Waals surface area contributed by atoms with E-state index in [1.165, 1.54) is 14.2 Å². The van der Waals surface area contributed by atoms with Crippen LogP contribution in [0.3, 0.4) is 0 Å². The highest BCUT2D eigenvalue weighted by molar-refractivity contribution is 14.1. The van der Waals surface area contributed by atoms with Gasteiger partial charge in [-0.15, -0.1) is 0 Å². The van der Waals surface area contributed by atoms with Crippen LogP contribution in [0.5, 0.6) is 0 Å². The molecule has 2 heterocycles. The number of carbonyl (C=O) groups excluding carboxylic acids is 2. The first-order chi connectivity index (χ1) is 18.7. The van der Waals surface area contributed by atoms with E-state index in [1.54, 1.807) is 24.3 Å². The number of methoxy groups -OCH3 is 2. The second kappa shape index (κ2) is 20.3. The Labute approximate surface area is 271 Å². The van der Waals surface area contributed by atoms with Crippen LogP contribution in [0.4, 0.5) is 5.69 Å². The second-order valence-corrected chi connectivity index (χ2v) is 10.0. The van der Waals surface area contributed by atoms with Gasteiger partial charge in [0.2, 0.25) is 0 Å². The van der Waals surface area contributed by atoms with E-state index >= 15 is 0 Å². The number of hydrogen-bond donors (Lipinski definition) is 1. The Morgan fingerprint density at radius 1 is 0.795 bits per heavy atom. The van der Waals surface area contributed by atoms with Crippen LogP contribution in [-0.2, 0) is 18.9 Å². The highest BCUT2D eigenvalue weighted by Crippen LogP contribution is 2.32. The van der Waals surface area contributed by atoms with E-state index in [1.807, 2.05) is 4.93 Å². The largest absolute Gasteiger partial charge is 0.465 e. The lowest BCUT2D eigenvalue weighted by Gasteiger charge is -2.29. The first-order valence-electron chi connectivity index (χ1n) is 11.5. The van der Waals surface area contributed by atoms with Crippen LogP contribution < -0.4 is 10.2 Å². The van der Waals surface area contributed by atoms with Crippen molar-refractivity contribution < 1.29 is 28.5 Å². The third-order valence-electron chi connectivity index (χ3n) is 5.04. The Balaban J connectivity index is 0.000000315. The fourth-order valence-corrected chi connectivity index (χ4v) is 5.21. The van der Waals surface area contributed by atoms with Crippen LogP contribution in [0.25, 0.3) is 0 Å². The molecule has 0 radical (unpaired) electrons. The Kier molecular flexibility index (Phi) is 19.0. The molecule has 0 unspecified atom stereocenters. The van der Waals surface area contributed by atoms with Gasteiger partial charge < -0.3 is 29.2 Å². The summed E-state index contributed by atoms with van der Waals surface area (Å²) in [5.41, 5.74) is 1.29. The molecule has 0 atom stereocenters. The van der Waals surface area contributed by atoms with Crippen molar-refractivity contribution in [2.24, 2.45) is 0 Å². The third-order valence-corrected chi connectivity index (χ3v) is 6.69. The number of rotatable bonds is 3. The molecule has 1 N–H and O–H groups in total. The highest BCUT2D eigenvalue weighted by atomic mass is 127. The quantitative estimate of drug-likeness (QED) is 0.206. The number of halogens is 6. The molecule has 0 spiro atoms. The van der Waals surface area contributed by atoms with Gasteiger partial charge in [0.05, 0.1) is 71.9 Å². The van der Waals surface area contributed by atoms with Gasteiger partial charge in [0.15, 0.2) is 0 Å². The minimum absolute atomic E-state index is 0.189. The number of nitrogens with one attached hydrogen (secondary N) is 1. The summed E-state index contributed by atoms with van der Waals surface area (Å²) in [7, 11) is 2.57. The molecule has 2 fully saturated rings. The van der Waals surface area contributed by atoms with Crippen molar-refractivity contribution in [3.8, 4) is 0 Å². The van der Waals surface area contributed by atoms with E-state index < -0.39 is 11.9 Å². The molecule has 8 nitrogen and oxygen atoms in total. The summed E-state index contributed by atoms with van der Waals surface area (Å²) in [5, 5.41) is 4.30. The van der Waals surface area contributed by atoms with E-state index in [0.717, 1.165) is 49.6 Å². The van der Waals surface area contributed by atoms with Gasteiger partial charge in [0.25, 0.3) is 0 Å². The summed E-state index contributed by atoms with van der Waals surface area (Å²) in [6.45, 7) is 6.75. The maximum Gasteiger partial charge on any atom is 0.340 e. The van der Waals surface area contributed by atoms with Crippen molar-refractivity contribution in [2.45, 2.75) is 0 Å². The van der Waals surface area contributed by atoms with Crippen LogP contribution in [-0.4, -0.2) is 83.7 Å². The van der Waals surface area contributed by atoms with Gasteiger partial charge in [-0.1, -0.05) is 84.9 Å². The zero-order valence-electron chi connectivity index (χ0n) is 21.6. The molecule has 0 aromatic heterocycles. The van der Waals surface area contributed by atoms with E-state index in [9.17, 15) is 9.59 Å². The first kappa shape index (κ1) is 36.5. The predicted molar refractivity (Wildman–Crippen MR) is 170 cm³/mol. The summed E-state index contributed by atoms with van der Waals surface area (Å²) in [6, 6.07) is 6.62. The van der Waals surface area contributed by atoms with Gasteiger partial charge in [0.1, 0.15) is 0 Å². The average Bonchev–Trinajstić information content (AvgIpc) is 2.95. The third kappa shape index (κ3) is 12.5. The average molecular weight is 803 g/mol. The molecular weight excluding hydrogens is 773 g/mol. The lowest BCUT2D eigenvalue weighted by atomic mass is 10.2. The maximum atomic E-state index is 11.5. The van der Waals surface area contributed by atoms with Crippen molar-refractivity contribution in [2.75, 3.05) is 76.7 Å². The molecule has 2 aromatic rings. The van der Waals surface area contributed by atoms with Gasteiger partial charge in [-0.2, -0.15) is 0 Å². The monoisotopic (exact) mass is 800 g/mol. The van der Waals surface area contributed by atoms with Crippen molar-refractivity contribution in [1.82, 2.24) is 5.32 Å². The van der Waals surface area contributed by atoms with Crippen molar-refractivity contribution in [3.63, 3.8) is 0 Å². The lowest BCUT2D eigenvalue weighted by molar-refractivity contribution is 0.0592. The van der Waals surface area contributed by atoms with Gasteiger partial charge in [-0.3, -0.25) is 0 Å². The minimum Gasteiger partial charge on any atom is -0.465 e. The molecule has 0 amide bonds. The number of alkyl halides is 1. The highest BCUT2D eigenvalue weighted by Gasteiger charge is 2.20. The number of ether oxygens (including phenoxy) is 4. The Morgan fingerprint density at radius 2 is 1.18 bits per heavy atom. The molecular formula is C25H30BrCl4IN2O6. The van der Waals surface area contributed by atoms with Gasteiger partial charge in [-0.25, -0.2) is 9.59 Å². The second-order valence-electron chi connectivity index (χ2n) is 7.47. The summed E-state index contributed by atoms with van der Waals surface area (Å²) >= 11 is 29.1. The molecule has 218 valence electrons. The van der Waals surface area contributed by atoms with Crippen LogP contribution in [0.1, 0.15) is 20.7 Å². The molecule has 39 heavy (non-hydrogen) atoms. The molecule has 0 bridgehead atoms. The molecule has 0 saturated carbocycles. The summed E-state index contributed by atoms with van der Waals surface area (Å²) < 4.78 is 20.2. The standard InChI is InChI=1S/C12H13Cl2NO3.C8H5BrCl2O2.C4H9NO.CH3I/c1-17-12(16)11-9(13)6-8(7-10(11)14)15-2-4-18-5-3-15;1-13-8(12)7-5(10)2-4(9)3-6(7)11;1-3-6-4-2-5-1;1-2/h6-7H,2-5H2,1H3;2-3H,1H3;5H,1-4H2;1H3. The Morgan fingerprint density at radius 3 is 1.51 bits per heavy atom. The van der Waals surface area contributed by atoms with E-state index in [4.69, 9.17) is 55.9 Å². The molecule has 2 aliphatic rings. The molecule has 2 aliphatic heterocycles. The van der Waals surface area contributed by atoms with Gasteiger partial charge in [0, 0.05) is 36.3 Å². The molecule has 14 heteroatoms. The molecule has 4 rings (SSSR count). The molecule has 2 aromatic carbocycles. The number of carbonyl (C=O) groups is 2. The number of benzene rings is 2. The molecule has 0 aliphatic carbocycles. The van der Waals surface area contributed by atoms with E-state index in [2.05, 4.69) is 58.2 Å². The van der Waals surface area contributed by atoms with Gasteiger partial charge >= 0.3 is 11.9 Å². The summed E-state index contributed by atoms with van der Waals surface area (Å²) in [5.74, 6) is -1.07. The number of anilines is 1. The van der Waals surface area contributed by atoms with E-state index in [0.29, 0.717) is 23.3 Å². The summed E-state index contributed by atoms with van der Waals surface area (Å²) in [4.78, 5) is 26.8. The number of nitrogens with zero attached hydrogens (tertiary/aromatic N) is 1. The minimum atomic E-state index is -0.539. The smallest absolute Gasteiger partial charge is 0.340 e. The SMILES string of the molecule is C1COCCN1.CI.COC(=O)c1c(Cl)cc(Br)cc1Cl.COC(=O)c1c(Cl)cc(N2CCOCC2)cc1Cl. The summed E-state index contributed by atoms with van der Waals surface area (Å²) in [6.07, 6.45) is 0. The number of esters is 2. The van der Waals surface area contributed by atoms with Crippen LogP contribution in [0, 0.1) is 0 Å². The lowest BCUT2D eigenvalue weighted by Crippen LogP contribution is -2.36. The van der Waals surface area contributed by atoms with Crippen LogP contribution in [0.15, 0.2) is 28.7 Å². The number of hydrogen-bond acceptors (Lipinski definition) is 8. The Hall–Kier alpha value is -0.570. The zero-order valence-corrected chi connectivity index (χ0v) is 28.4. The van der Waals surface area contributed by atoms with E-state index in [-0.39, 0.29) is 21.2 Å². The van der Waals surface area contributed by atoms with Crippen molar-refractivity contribution in [1.29, 1.82) is 0 Å². The predicted octanol–water partition coefficient (Wildman–Crippen LogP) is 6.82. The first-order valence-corrected chi connectivity index (χ1v) is 15.9. The molecule has 2 saturated heterocycles. The normalized spacial score (nSPS) is 14.3. The fourth-order valence-electron chi connectivity index (χ4n) is 3.22. The zero-order chi connectivity index (χ0) is 29.4. The topological polar surface area (TPSA) is 86.3 Å². The Bertz CT molecular complexity index is 1020. The van der Waals surface area contributed by atoms with Crippen LogP contribution >= 0.6 is 84.9 Å². The van der Waals surface area contributed by atoms with Gasteiger partial charge in [-0.05, 0) is 29.2 Å². The number of morpholine rings is 2. The van der Waals surface area contributed by atoms with Crippen LogP contribution in [0.2, 0.25) is 20.1 Å². The van der Waals surface area contributed by atoms with Crippen molar-refractivity contribution in [3.05, 3.63) is 60.0 Å².